The Labute approximate surface area is 153 Å². The molecular formula is C18H15N9. The molecule has 0 saturated heterocycles. The van der Waals surface area contributed by atoms with Gasteiger partial charge < -0.3 is 0 Å². The Morgan fingerprint density at radius 1 is 1.07 bits per heavy atom. The van der Waals surface area contributed by atoms with Crippen LogP contribution in [0.2, 0.25) is 0 Å². The summed E-state index contributed by atoms with van der Waals surface area (Å²) in [6.45, 7) is 6.07. The van der Waals surface area contributed by atoms with E-state index in [1.165, 1.54) is 4.68 Å². The van der Waals surface area contributed by atoms with Gasteiger partial charge in [0.05, 0.1) is 11.7 Å². The van der Waals surface area contributed by atoms with E-state index in [0.29, 0.717) is 22.9 Å². The van der Waals surface area contributed by atoms with Gasteiger partial charge in [0, 0.05) is 10.8 Å². The summed E-state index contributed by atoms with van der Waals surface area (Å²) in [4.78, 5) is 4.30. The zero-order chi connectivity index (χ0) is 18.8. The van der Waals surface area contributed by atoms with Crippen LogP contribution in [0.15, 0.2) is 36.8 Å². The number of aromatic nitrogens is 8. The summed E-state index contributed by atoms with van der Waals surface area (Å²) < 4.78 is 5.07. The average Bonchev–Trinajstić information content (AvgIpc) is 3.37. The van der Waals surface area contributed by atoms with Crippen LogP contribution in [0.1, 0.15) is 26.5 Å². The first kappa shape index (κ1) is 15.5. The molecule has 0 saturated carbocycles. The number of nitrogens with zero attached hydrogens (tertiary/aromatic N) is 9. The average molecular weight is 357 g/mol. The molecule has 4 heterocycles. The first-order chi connectivity index (χ1) is 13.0. The molecule has 4 aromatic heterocycles. The minimum absolute atomic E-state index is 0.316. The number of nitriles is 1. The smallest absolute Gasteiger partial charge is 0.208 e. The maximum absolute atomic E-state index is 9.55. The lowest BCUT2D eigenvalue weighted by Crippen LogP contribution is -2.14. The second-order valence-corrected chi connectivity index (χ2v) is 7.37. The van der Waals surface area contributed by atoms with E-state index in [0.717, 1.165) is 16.6 Å². The van der Waals surface area contributed by atoms with Gasteiger partial charge in [0.15, 0.2) is 11.5 Å². The zero-order valence-corrected chi connectivity index (χ0v) is 15.0. The van der Waals surface area contributed by atoms with Gasteiger partial charge in [0.25, 0.3) is 0 Å². The van der Waals surface area contributed by atoms with Gasteiger partial charge in [0.2, 0.25) is 6.19 Å². The molecule has 0 aliphatic heterocycles. The molecule has 0 spiro atoms. The van der Waals surface area contributed by atoms with E-state index in [4.69, 9.17) is 0 Å². The zero-order valence-electron chi connectivity index (χ0n) is 15.0. The topological polar surface area (TPSA) is 102 Å². The molecule has 27 heavy (non-hydrogen) atoms. The van der Waals surface area contributed by atoms with E-state index >= 15 is 0 Å². The normalized spacial score (nSPS) is 12.2. The summed E-state index contributed by atoms with van der Waals surface area (Å²) in [6, 6.07) is 7.94. The van der Waals surface area contributed by atoms with Gasteiger partial charge in [-0.15, -0.1) is 20.0 Å². The van der Waals surface area contributed by atoms with Gasteiger partial charge in [-0.2, -0.15) is 5.26 Å². The third-order valence-corrected chi connectivity index (χ3v) is 4.60. The molecule has 0 unspecified atom stereocenters. The lowest BCUT2D eigenvalue weighted by molar-refractivity contribution is 0.567. The Morgan fingerprint density at radius 2 is 1.89 bits per heavy atom. The number of para-hydroxylation sites is 1. The lowest BCUT2D eigenvalue weighted by Gasteiger charge is -2.16. The van der Waals surface area contributed by atoms with E-state index in [1.807, 2.05) is 53.8 Å². The van der Waals surface area contributed by atoms with Crippen LogP contribution in [-0.2, 0) is 5.41 Å². The molecule has 1 aromatic carbocycles. The fraction of sp³-hybridized carbons (Fsp3) is 0.222. The Kier molecular flexibility index (Phi) is 2.92. The van der Waals surface area contributed by atoms with Crippen molar-refractivity contribution >= 4 is 22.2 Å². The van der Waals surface area contributed by atoms with Crippen molar-refractivity contribution in [3.63, 3.8) is 0 Å². The largest absolute Gasteiger partial charge is 0.284 e. The predicted molar refractivity (Wildman–Crippen MR) is 98.0 cm³/mol. The van der Waals surface area contributed by atoms with Crippen molar-refractivity contribution in [2.24, 2.45) is 0 Å². The highest BCUT2D eigenvalue weighted by Gasteiger charge is 2.29. The number of hydrogen-bond acceptors (Lipinski definition) is 6. The number of fused-ring (bicyclic) bond motifs is 6. The first-order valence-corrected chi connectivity index (χ1v) is 8.45. The molecule has 5 aromatic rings. The van der Waals surface area contributed by atoms with E-state index in [1.54, 1.807) is 12.5 Å². The van der Waals surface area contributed by atoms with Crippen molar-refractivity contribution in [2.75, 3.05) is 0 Å². The second-order valence-electron chi connectivity index (χ2n) is 7.37. The van der Waals surface area contributed by atoms with Crippen LogP contribution in [0, 0.1) is 11.5 Å². The quantitative estimate of drug-likeness (QED) is 0.456. The maximum Gasteiger partial charge on any atom is 0.208 e. The van der Waals surface area contributed by atoms with Crippen molar-refractivity contribution in [1.82, 2.24) is 39.0 Å². The molecule has 9 nitrogen and oxygen atoms in total. The van der Waals surface area contributed by atoms with Crippen LogP contribution in [0.4, 0.5) is 0 Å². The molecule has 0 atom stereocenters. The van der Waals surface area contributed by atoms with E-state index in [9.17, 15) is 5.26 Å². The van der Waals surface area contributed by atoms with Crippen molar-refractivity contribution in [3.05, 3.63) is 42.5 Å². The molecule has 0 bridgehead atoms. The third kappa shape index (κ3) is 2.01. The predicted octanol–water partition coefficient (Wildman–Crippen LogP) is 2.42. The van der Waals surface area contributed by atoms with Crippen molar-refractivity contribution in [2.45, 2.75) is 26.2 Å². The summed E-state index contributed by atoms with van der Waals surface area (Å²) in [5.74, 6) is 0.512. The summed E-state index contributed by atoms with van der Waals surface area (Å²) in [7, 11) is 0. The van der Waals surface area contributed by atoms with Gasteiger partial charge in [0.1, 0.15) is 23.4 Å². The fourth-order valence-electron chi connectivity index (χ4n) is 3.40. The minimum atomic E-state index is -0.316. The van der Waals surface area contributed by atoms with Gasteiger partial charge in [-0.1, -0.05) is 38.1 Å². The van der Waals surface area contributed by atoms with Crippen molar-refractivity contribution < 1.29 is 0 Å². The van der Waals surface area contributed by atoms with Gasteiger partial charge >= 0.3 is 0 Å². The molecule has 132 valence electrons. The van der Waals surface area contributed by atoms with Crippen LogP contribution >= 0.6 is 0 Å². The third-order valence-electron chi connectivity index (χ3n) is 4.60. The standard InChI is InChI=1S/C18H15N9/c1-18(2,3)15-14(26(9-19)24-21-15)17-23-22-16-11-6-4-5-7-12(11)25-10-20-8-13(25)27(16)17/h4-8,10H,1-3H3. The molecule has 0 radical (unpaired) electrons. The summed E-state index contributed by atoms with van der Waals surface area (Å²) >= 11 is 0. The molecule has 0 aliphatic carbocycles. The molecule has 0 N–H and O–H groups in total. The Morgan fingerprint density at radius 3 is 2.67 bits per heavy atom. The van der Waals surface area contributed by atoms with Crippen molar-refractivity contribution in [3.8, 4) is 17.7 Å². The monoisotopic (exact) mass is 357 g/mol. The summed E-state index contributed by atoms with van der Waals surface area (Å²) in [6.07, 6.45) is 5.57. The highest BCUT2D eigenvalue weighted by Crippen LogP contribution is 2.32. The van der Waals surface area contributed by atoms with E-state index in [-0.39, 0.29) is 5.41 Å². The van der Waals surface area contributed by atoms with Crippen LogP contribution in [-0.4, -0.2) is 39.0 Å². The van der Waals surface area contributed by atoms with Gasteiger partial charge in [-0.05, 0) is 12.1 Å². The Bertz CT molecular complexity index is 1370. The summed E-state index contributed by atoms with van der Waals surface area (Å²) in [5.41, 5.74) is 3.39. The first-order valence-electron chi connectivity index (χ1n) is 8.45. The summed E-state index contributed by atoms with van der Waals surface area (Å²) in [5, 5.41) is 27.6. The maximum atomic E-state index is 9.55. The molecule has 0 aliphatic rings. The van der Waals surface area contributed by atoms with Crippen molar-refractivity contribution in [1.29, 1.82) is 5.26 Å². The molecule has 0 fully saturated rings. The molecule has 5 rings (SSSR count). The SMILES string of the molecule is CC(C)(C)c1nnn(C#N)c1-c1nnc2c3ccccc3n3cncc3n12. The van der Waals surface area contributed by atoms with E-state index in [2.05, 4.69) is 31.7 Å². The number of imidazole rings is 1. The Balaban J connectivity index is 1.99. The number of benzene rings is 1. The number of rotatable bonds is 1. The highest BCUT2D eigenvalue weighted by atomic mass is 15.4. The Hall–Kier alpha value is -3.80. The fourth-order valence-corrected chi connectivity index (χ4v) is 3.40. The van der Waals surface area contributed by atoms with Crippen LogP contribution in [0.3, 0.4) is 0 Å². The highest BCUT2D eigenvalue weighted by molar-refractivity contribution is 5.94. The van der Waals surface area contributed by atoms with Gasteiger partial charge in [-0.3, -0.25) is 8.80 Å². The second kappa shape index (κ2) is 5.11. The van der Waals surface area contributed by atoms with Gasteiger partial charge in [-0.25, -0.2) is 4.98 Å². The van der Waals surface area contributed by atoms with E-state index < -0.39 is 0 Å². The van der Waals surface area contributed by atoms with Crippen LogP contribution in [0.25, 0.3) is 33.7 Å². The van der Waals surface area contributed by atoms with Crippen LogP contribution in [0.5, 0.6) is 0 Å². The van der Waals surface area contributed by atoms with Crippen LogP contribution < -0.4 is 0 Å². The minimum Gasteiger partial charge on any atom is -0.284 e. The lowest BCUT2D eigenvalue weighted by atomic mass is 9.90. The molecular weight excluding hydrogens is 342 g/mol. The number of hydrogen-bond donors (Lipinski definition) is 0. The molecule has 9 heteroatoms. The molecule has 0 amide bonds.